The topological polar surface area (TPSA) is 66.3 Å². The maximum Gasteiger partial charge on any atom is 0.326 e. The number of piperidine rings is 1. The average Bonchev–Trinajstić information content (AvgIpc) is 2.30. The van der Waals surface area contributed by atoms with Crippen LogP contribution in [0.15, 0.2) is 18.5 Å². The summed E-state index contributed by atoms with van der Waals surface area (Å²) in [5.41, 5.74) is 0.845. The Balaban J connectivity index is 2.22. The molecule has 1 aliphatic rings. The molecule has 2 rings (SSSR count). The normalized spacial score (nSPS) is 21.3. The van der Waals surface area contributed by atoms with Crippen molar-refractivity contribution in [2.24, 2.45) is 0 Å². The Hall–Kier alpha value is -1.65. The number of rotatable bonds is 2. The first-order valence-electron chi connectivity index (χ1n) is 5.05. The molecular formula is C10H13N3O2. The molecule has 5 nitrogen and oxygen atoms in total. The molecule has 0 amide bonds. The maximum atomic E-state index is 11.1. The van der Waals surface area contributed by atoms with Gasteiger partial charge in [0.1, 0.15) is 6.04 Å². The van der Waals surface area contributed by atoms with E-state index in [4.69, 9.17) is 5.11 Å². The molecule has 1 aromatic rings. The van der Waals surface area contributed by atoms with Gasteiger partial charge in [-0.3, -0.25) is 0 Å². The third kappa shape index (κ3) is 2.06. The van der Waals surface area contributed by atoms with E-state index in [0.29, 0.717) is 6.42 Å². The Morgan fingerprint density at radius 2 is 2.33 bits per heavy atom. The van der Waals surface area contributed by atoms with Crippen LogP contribution in [0.4, 0.5) is 5.69 Å². The minimum absolute atomic E-state index is 0.414. The second-order valence-corrected chi connectivity index (χ2v) is 3.64. The van der Waals surface area contributed by atoms with E-state index in [2.05, 4.69) is 10.2 Å². The molecule has 1 unspecified atom stereocenters. The van der Waals surface area contributed by atoms with Crippen LogP contribution in [0.3, 0.4) is 0 Å². The second-order valence-electron chi connectivity index (χ2n) is 3.64. The number of nitrogens with zero attached hydrogens (tertiary/aromatic N) is 3. The molecule has 5 heteroatoms. The quantitative estimate of drug-likeness (QED) is 0.781. The predicted octanol–water partition coefficient (Wildman–Crippen LogP) is 0.920. The highest BCUT2D eigenvalue weighted by Gasteiger charge is 2.28. The van der Waals surface area contributed by atoms with Crippen molar-refractivity contribution in [3.63, 3.8) is 0 Å². The van der Waals surface area contributed by atoms with Gasteiger partial charge in [-0.2, -0.15) is 10.2 Å². The highest BCUT2D eigenvalue weighted by Crippen LogP contribution is 2.23. The third-order valence-corrected chi connectivity index (χ3v) is 2.69. The van der Waals surface area contributed by atoms with Gasteiger partial charge in [0.05, 0.1) is 18.1 Å². The van der Waals surface area contributed by atoms with Crippen molar-refractivity contribution in [1.29, 1.82) is 0 Å². The number of carboxylic acid groups (broad SMARTS) is 1. The Labute approximate surface area is 87.7 Å². The predicted molar refractivity (Wildman–Crippen MR) is 54.7 cm³/mol. The number of hydrogen-bond donors (Lipinski definition) is 1. The van der Waals surface area contributed by atoms with Gasteiger partial charge in [-0.15, -0.1) is 0 Å². The van der Waals surface area contributed by atoms with Crippen molar-refractivity contribution in [3.05, 3.63) is 18.5 Å². The van der Waals surface area contributed by atoms with Gasteiger partial charge in [0.15, 0.2) is 0 Å². The van der Waals surface area contributed by atoms with Crippen LogP contribution in [0, 0.1) is 0 Å². The maximum absolute atomic E-state index is 11.1. The monoisotopic (exact) mass is 207 g/mol. The molecule has 0 spiro atoms. The summed E-state index contributed by atoms with van der Waals surface area (Å²) >= 11 is 0. The van der Waals surface area contributed by atoms with Gasteiger partial charge in [0, 0.05) is 6.54 Å². The van der Waals surface area contributed by atoms with Crippen LogP contribution in [0.1, 0.15) is 19.3 Å². The molecule has 2 heterocycles. The summed E-state index contributed by atoms with van der Waals surface area (Å²) in [6.45, 7) is 0.780. The van der Waals surface area contributed by atoms with Crippen molar-refractivity contribution in [2.75, 3.05) is 11.4 Å². The summed E-state index contributed by atoms with van der Waals surface area (Å²) in [6.07, 6.45) is 5.92. The van der Waals surface area contributed by atoms with Crippen molar-refractivity contribution < 1.29 is 9.90 Å². The molecule has 1 aliphatic heterocycles. The summed E-state index contributed by atoms with van der Waals surface area (Å²) in [5, 5.41) is 16.5. The number of anilines is 1. The van der Waals surface area contributed by atoms with Crippen LogP contribution in [0.2, 0.25) is 0 Å². The zero-order valence-electron chi connectivity index (χ0n) is 8.33. The van der Waals surface area contributed by atoms with Crippen LogP contribution in [0.5, 0.6) is 0 Å². The Bertz CT molecular complexity index is 342. The van der Waals surface area contributed by atoms with Crippen LogP contribution < -0.4 is 4.90 Å². The van der Waals surface area contributed by atoms with Crippen molar-refractivity contribution in [3.8, 4) is 0 Å². The first-order chi connectivity index (χ1) is 7.29. The number of hydrogen-bond acceptors (Lipinski definition) is 4. The largest absolute Gasteiger partial charge is 0.480 e. The third-order valence-electron chi connectivity index (χ3n) is 2.69. The fourth-order valence-electron chi connectivity index (χ4n) is 1.95. The van der Waals surface area contributed by atoms with E-state index in [-0.39, 0.29) is 0 Å². The van der Waals surface area contributed by atoms with E-state index < -0.39 is 12.0 Å². The second kappa shape index (κ2) is 4.25. The number of carbonyl (C=O) groups is 1. The van der Waals surface area contributed by atoms with Crippen molar-refractivity contribution in [2.45, 2.75) is 25.3 Å². The Kier molecular flexibility index (Phi) is 2.80. The molecule has 1 saturated heterocycles. The van der Waals surface area contributed by atoms with Gasteiger partial charge in [-0.05, 0) is 25.3 Å². The van der Waals surface area contributed by atoms with Gasteiger partial charge in [0.25, 0.3) is 0 Å². The molecule has 80 valence electrons. The highest BCUT2D eigenvalue weighted by molar-refractivity contribution is 5.78. The fourth-order valence-corrected chi connectivity index (χ4v) is 1.95. The van der Waals surface area contributed by atoms with Gasteiger partial charge in [-0.25, -0.2) is 4.79 Å². The Morgan fingerprint density at radius 3 is 3.00 bits per heavy atom. The molecule has 1 N–H and O–H groups in total. The lowest BCUT2D eigenvalue weighted by Gasteiger charge is -2.34. The van der Waals surface area contributed by atoms with Gasteiger partial charge >= 0.3 is 5.97 Å². The molecule has 15 heavy (non-hydrogen) atoms. The van der Waals surface area contributed by atoms with Gasteiger partial charge in [-0.1, -0.05) is 0 Å². The first kappa shape index (κ1) is 9.89. The van der Waals surface area contributed by atoms with Crippen LogP contribution in [-0.4, -0.2) is 33.9 Å². The summed E-state index contributed by atoms with van der Waals surface area (Å²) in [6, 6.07) is 1.39. The van der Waals surface area contributed by atoms with E-state index in [1.807, 2.05) is 4.90 Å². The molecule has 1 fully saturated rings. The van der Waals surface area contributed by atoms with Crippen molar-refractivity contribution in [1.82, 2.24) is 10.2 Å². The van der Waals surface area contributed by atoms with Gasteiger partial charge < -0.3 is 10.0 Å². The minimum atomic E-state index is -0.758. The van der Waals surface area contributed by atoms with E-state index in [0.717, 1.165) is 25.1 Å². The minimum Gasteiger partial charge on any atom is -0.480 e. The molecule has 1 atom stereocenters. The smallest absolute Gasteiger partial charge is 0.326 e. The molecule has 0 saturated carbocycles. The molecule has 1 aromatic heterocycles. The number of carboxylic acids is 1. The Morgan fingerprint density at radius 1 is 1.47 bits per heavy atom. The first-order valence-corrected chi connectivity index (χ1v) is 5.05. The van der Waals surface area contributed by atoms with E-state index in [1.54, 1.807) is 18.5 Å². The summed E-state index contributed by atoms with van der Waals surface area (Å²) in [4.78, 5) is 12.9. The highest BCUT2D eigenvalue weighted by atomic mass is 16.4. The van der Waals surface area contributed by atoms with Gasteiger partial charge in [0.2, 0.25) is 0 Å². The lowest BCUT2D eigenvalue weighted by molar-refractivity contribution is -0.139. The number of aromatic nitrogens is 2. The molecule has 0 bridgehead atoms. The standard InChI is InChI=1S/C10H13N3O2/c14-10(15)9-3-1-2-6-13(9)8-4-5-11-12-7-8/h4-5,7,9H,1-3,6H2,(H,14,15). The zero-order valence-corrected chi connectivity index (χ0v) is 8.33. The molecular weight excluding hydrogens is 194 g/mol. The van der Waals surface area contributed by atoms with Crippen LogP contribution >= 0.6 is 0 Å². The lowest BCUT2D eigenvalue weighted by atomic mass is 10.0. The van der Waals surface area contributed by atoms with Crippen LogP contribution in [-0.2, 0) is 4.79 Å². The lowest BCUT2D eigenvalue weighted by Crippen LogP contribution is -2.44. The molecule has 0 aromatic carbocycles. The average molecular weight is 207 g/mol. The summed E-state index contributed by atoms with van der Waals surface area (Å²) in [5.74, 6) is -0.758. The van der Waals surface area contributed by atoms with Crippen molar-refractivity contribution >= 4 is 11.7 Å². The zero-order chi connectivity index (χ0) is 10.7. The van der Waals surface area contributed by atoms with Crippen LogP contribution in [0.25, 0.3) is 0 Å². The SMILES string of the molecule is O=C(O)C1CCCCN1c1ccnnc1. The molecule has 0 aliphatic carbocycles. The van der Waals surface area contributed by atoms with E-state index in [9.17, 15) is 4.79 Å². The molecule has 0 radical (unpaired) electrons. The van der Waals surface area contributed by atoms with E-state index >= 15 is 0 Å². The number of aliphatic carboxylic acids is 1. The summed E-state index contributed by atoms with van der Waals surface area (Å²) in [7, 11) is 0. The fraction of sp³-hybridized carbons (Fsp3) is 0.500. The summed E-state index contributed by atoms with van der Waals surface area (Å²) < 4.78 is 0. The van der Waals surface area contributed by atoms with E-state index in [1.165, 1.54) is 0 Å².